The van der Waals surface area contributed by atoms with Crippen molar-refractivity contribution < 1.29 is 14.6 Å². The monoisotopic (exact) mass is 207 g/mol. The summed E-state index contributed by atoms with van der Waals surface area (Å²) in [6.07, 6.45) is 1.28. The van der Waals surface area contributed by atoms with Crippen LogP contribution in [0.1, 0.15) is 0 Å². The van der Waals surface area contributed by atoms with E-state index >= 15 is 0 Å². The molecule has 0 spiro atoms. The third-order valence-corrected chi connectivity index (χ3v) is 2.07. The summed E-state index contributed by atoms with van der Waals surface area (Å²) in [5, 5.41) is 9.31. The fraction of sp³-hybridized carbons (Fsp3) is 0.875. The van der Waals surface area contributed by atoms with Crippen molar-refractivity contribution in [2.24, 2.45) is 0 Å². The molecular weight excluding hydrogens is 190 g/mol. The summed E-state index contributed by atoms with van der Waals surface area (Å²) in [6.45, 7) is 0.587. The van der Waals surface area contributed by atoms with Crippen molar-refractivity contribution in [3.8, 4) is 0 Å². The van der Waals surface area contributed by atoms with E-state index in [1.54, 1.807) is 7.05 Å². The van der Waals surface area contributed by atoms with Crippen molar-refractivity contribution in [2.45, 2.75) is 6.10 Å². The van der Waals surface area contributed by atoms with Crippen molar-refractivity contribution in [2.75, 3.05) is 39.3 Å². The minimum atomic E-state index is -0.596. The van der Waals surface area contributed by atoms with Crippen LogP contribution in [-0.4, -0.2) is 61.3 Å². The number of likely N-dealkylation sites (N-methyl/N-ethyl adjacent to an activating group) is 1. The second-order valence-electron chi connectivity index (χ2n) is 2.82. The van der Waals surface area contributed by atoms with E-state index in [9.17, 15) is 9.90 Å². The molecule has 13 heavy (non-hydrogen) atoms. The van der Waals surface area contributed by atoms with Gasteiger partial charge in [-0.3, -0.25) is 4.79 Å². The Balaban J connectivity index is 3.71. The third-order valence-electron chi connectivity index (χ3n) is 1.54. The summed E-state index contributed by atoms with van der Waals surface area (Å²) in [4.78, 5) is 12.8. The lowest BCUT2D eigenvalue weighted by Crippen LogP contribution is -2.37. The van der Waals surface area contributed by atoms with E-state index < -0.39 is 6.10 Å². The van der Waals surface area contributed by atoms with Crippen molar-refractivity contribution in [1.29, 1.82) is 0 Å². The first-order valence-corrected chi connectivity index (χ1v) is 5.41. The lowest BCUT2D eigenvalue weighted by Gasteiger charge is -2.19. The zero-order chi connectivity index (χ0) is 10.3. The summed E-state index contributed by atoms with van der Waals surface area (Å²) < 4.78 is 4.75. The number of carbonyl (C=O) groups is 1. The number of nitrogens with zero attached hydrogens (tertiary/aromatic N) is 1. The first-order valence-electron chi connectivity index (χ1n) is 4.01. The number of hydrogen-bond acceptors (Lipinski definition) is 4. The number of hydrogen-bond donors (Lipinski definition) is 1. The second-order valence-corrected chi connectivity index (χ2v) is 3.68. The second kappa shape index (κ2) is 7.17. The minimum Gasteiger partial charge on any atom is -0.389 e. The molecule has 1 N–H and O–H groups in total. The molecule has 0 aromatic rings. The van der Waals surface area contributed by atoms with E-state index in [4.69, 9.17) is 4.74 Å². The van der Waals surface area contributed by atoms with Crippen molar-refractivity contribution >= 4 is 17.7 Å². The summed E-state index contributed by atoms with van der Waals surface area (Å²) in [5.41, 5.74) is 0. The van der Waals surface area contributed by atoms with Crippen LogP contribution < -0.4 is 0 Å². The highest BCUT2D eigenvalue weighted by molar-refractivity contribution is 7.99. The Morgan fingerprint density at radius 1 is 1.69 bits per heavy atom. The van der Waals surface area contributed by atoms with Crippen molar-refractivity contribution in [3.05, 3.63) is 0 Å². The Labute approximate surface area is 83.2 Å². The molecule has 0 bridgehead atoms. The topological polar surface area (TPSA) is 49.8 Å². The van der Waals surface area contributed by atoms with Crippen LogP contribution in [0.5, 0.6) is 0 Å². The van der Waals surface area contributed by atoms with Crippen LogP contribution in [0.2, 0.25) is 0 Å². The molecule has 1 atom stereocenters. The van der Waals surface area contributed by atoms with Crippen LogP contribution in [0, 0.1) is 0 Å². The maximum absolute atomic E-state index is 11.2. The van der Waals surface area contributed by atoms with Gasteiger partial charge in [0.1, 0.15) is 0 Å². The first-order chi connectivity index (χ1) is 6.11. The molecule has 0 saturated heterocycles. The molecule has 4 nitrogen and oxygen atoms in total. The van der Waals surface area contributed by atoms with Crippen molar-refractivity contribution in [1.82, 2.24) is 4.90 Å². The molecule has 1 unspecified atom stereocenters. The molecule has 0 aliphatic heterocycles. The number of aliphatic hydroxyl groups excluding tert-OH is 1. The van der Waals surface area contributed by atoms with Crippen LogP contribution in [0.3, 0.4) is 0 Å². The Hall–Kier alpha value is -0.260. The molecule has 0 aromatic carbocycles. The summed E-state index contributed by atoms with van der Waals surface area (Å²) in [5.74, 6) is 0.485. The first kappa shape index (κ1) is 12.7. The molecule has 5 heteroatoms. The van der Waals surface area contributed by atoms with Gasteiger partial charge in [0.15, 0.2) is 0 Å². The van der Waals surface area contributed by atoms with Crippen LogP contribution in [0.15, 0.2) is 0 Å². The Morgan fingerprint density at radius 2 is 2.31 bits per heavy atom. The van der Waals surface area contributed by atoms with Gasteiger partial charge in [0.25, 0.3) is 0 Å². The molecule has 0 heterocycles. The molecule has 1 amide bonds. The van der Waals surface area contributed by atoms with Crippen molar-refractivity contribution in [3.63, 3.8) is 0 Å². The van der Waals surface area contributed by atoms with Gasteiger partial charge < -0.3 is 14.7 Å². The van der Waals surface area contributed by atoms with Gasteiger partial charge in [0, 0.05) is 20.7 Å². The summed E-state index contributed by atoms with van der Waals surface area (Å²) >= 11 is 1.47. The number of thioether (sulfide) groups is 1. The zero-order valence-electron chi connectivity index (χ0n) is 8.32. The number of carbonyl (C=O) groups excluding carboxylic acids is 1. The number of methoxy groups -OCH3 is 1. The minimum absolute atomic E-state index is 0.0302. The fourth-order valence-electron chi connectivity index (χ4n) is 0.897. The Bertz CT molecular complexity index is 154. The van der Waals surface area contributed by atoms with E-state index in [0.717, 1.165) is 0 Å². The van der Waals surface area contributed by atoms with Gasteiger partial charge >= 0.3 is 0 Å². The van der Waals surface area contributed by atoms with E-state index in [0.29, 0.717) is 12.3 Å². The molecular formula is C8H17NO3S. The van der Waals surface area contributed by atoms with Gasteiger partial charge in [-0.1, -0.05) is 0 Å². The predicted molar refractivity (Wildman–Crippen MR) is 53.9 cm³/mol. The number of aliphatic hydroxyl groups is 1. The lowest BCUT2D eigenvalue weighted by atomic mass is 10.3. The standard InChI is InChI=1S/C8H17NO3S/c1-9(8(11)6-13-3)4-7(10)5-12-2/h7,10H,4-6H2,1-3H3. The van der Waals surface area contributed by atoms with Gasteiger partial charge in [-0.25, -0.2) is 0 Å². The molecule has 0 saturated carbocycles. The average Bonchev–Trinajstić information content (AvgIpc) is 2.05. The largest absolute Gasteiger partial charge is 0.389 e. The molecule has 0 aliphatic carbocycles. The van der Waals surface area contributed by atoms with E-state index in [1.165, 1.54) is 23.8 Å². The summed E-state index contributed by atoms with van der Waals surface area (Å²) in [7, 11) is 3.20. The van der Waals surface area contributed by atoms with Gasteiger partial charge in [-0.15, -0.1) is 0 Å². The molecule has 78 valence electrons. The van der Waals surface area contributed by atoms with Crippen LogP contribution in [-0.2, 0) is 9.53 Å². The molecule has 0 rings (SSSR count). The van der Waals surface area contributed by atoms with Crippen LogP contribution in [0.25, 0.3) is 0 Å². The highest BCUT2D eigenvalue weighted by Crippen LogP contribution is 1.97. The van der Waals surface area contributed by atoms with Crippen LogP contribution >= 0.6 is 11.8 Å². The van der Waals surface area contributed by atoms with Gasteiger partial charge in [-0.05, 0) is 6.26 Å². The summed E-state index contributed by atoms with van der Waals surface area (Å²) in [6, 6.07) is 0. The van der Waals surface area contributed by atoms with Crippen LogP contribution in [0.4, 0.5) is 0 Å². The quantitative estimate of drug-likeness (QED) is 0.656. The smallest absolute Gasteiger partial charge is 0.232 e. The molecule has 0 radical (unpaired) electrons. The number of amides is 1. The van der Waals surface area contributed by atoms with E-state index in [-0.39, 0.29) is 12.5 Å². The molecule has 0 aliphatic rings. The lowest BCUT2D eigenvalue weighted by molar-refractivity contribution is -0.128. The van der Waals surface area contributed by atoms with Gasteiger partial charge in [0.05, 0.1) is 18.5 Å². The molecule has 0 fully saturated rings. The SMILES string of the molecule is COCC(O)CN(C)C(=O)CSC. The maximum Gasteiger partial charge on any atom is 0.232 e. The fourth-order valence-corrected chi connectivity index (χ4v) is 1.36. The number of ether oxygens (including phenoxy) is 1. The number of rotatable bonds is 6. The highest BCUT2D eigenvalue weighted by Gasteiger charge is 2.12. The average molecular weight is 207 g/mol. The Kier molecular flexibility index (Phi) is 7.03. The normalized spacial score (nSPS) is 12.6. The third kappa shape index (κ3) is 5.90. The zero-order valence-corrected chi connectivity index (χ0v) is 9.13. The maximum atomic E-state index is 11.2. The van der Waals surface area contributed by atoms with E-state index in [1.807, 2.05) is 6.26 Å². The van der Waals surface area contributed by atoms with E-state index in [2.05, 4.69) is 0 Å². The van der Waals surface area contributed by atoms with Gasteiger partial charge in [-0.2, -0.15) is 11.8 Å². The highest BCUT2D eigenvalue weighted by atomic mass is 32.2. The van der Waals surface area contributed by atoms with Gasteiger partial charge in [0.2, 0.25) is 5.91 Å². The Morgan fingerprint density at radius 3 is 2.77 bits per heavy atom. The molecule has 0 aromatic heterocycles. The predicted octanol–water partition coefficient (Wildman–Crippen LogP) is -0.185.